The van der Waals surface area contributed by atoms with Crippen LogP contribution >= 0.6 is 0 Å². The summed E-state index contributed by atoms with van der Waals surface area (Å²) in [5, 5.41) is 2.74. The highest BCUT2D eigenvalue weighted by atomic mass is 16.5. The van der Waals surface area contributed by atoms with Crippen LogP contribution in [0, 0.1) is 0 Å². The molecular weight excluding hydrogens is 230 g/mol. The molecule has 18 heavy (non-hydrogen) atoms. The van der Waals surface area contributed by atoms with E-state index in [4.69, 9.17) is 9.47 Å². The molecule has 0 spiro atoms. The van der Waals surface area contributed by atoms with Gasteiger partial charge >= 0.3 is 0 Å². The van der Waals surface area contributed by atoms with Gasteiger partial charge in [-0.3, -0.25) is 4.79 Å². The van der Waals surface area contributed by atoms with E-state index in [0.29, 0.717) is 13.2 Å². The molecule has 0 radical (unpaired) electrons. The maximum Gasteiger partial charge on any atom is 0.260 e. The topological polar surface area (TPSA) is 47.6 Å². The van der Waals surface area contributed by atoms with Gasteiger partial charge in [-0.25, -0.2) is 0 Å². The van der Waals surface area contributed by atoms with Crippen molar-refractivity contribution in [3.8, 4) is 5.75 Å². The highest BCUT2D eigenvalue weighted by Gasteiger charge is 2.13. The van der Waals surface area contributed by atoms with Crippen molar-refractivity contribution >= 4 is 5.91 Å². The van der Waals surface area contributed by atoms with Gasteiger partial charge in [0.25, 0.3) is 5.91 Å². The van der Waals surface area contributed by atoms with Crippen molar-refractivity contribution in [1.82, 2.24) is 5.32 Å². The van der Waals surface area contributed by atoms with Crippen LogP contribution in [0.5, 0.6) is 5.75 Å². The predicted molar refractivity (Wildman–Crippen MR) is 70.8 cm³/mol. The van der Waals surface area contributed by atoms with Crippen LogP contribution < -0.4 is 10.1 Å². The van der Waals surface area contributed by atoms with Gasteiger partial charge in [0, 0.05) is 13.7 Å². The van der Waals surface area contributed by atoms with E-state index in [-0.39, 0.29) is 5.91 Å². The molecule has 0 fully saturated rings. The van der Waals surface area contributed by atoms with Gasteiger partial charge in [-0.05, 0) is 31.0 Å². The van der Waals surface area contributed by atoms with Gasteiger partial charge in [-0.15, -0.1) is 0 Å². The van der Waals surface area contributed by atoms with Crippen LogP contribution in [-0.4, -0.2) is 32.3 Å². The Labute approximate surface area is 108 Å². The molecule has 4 heteroatoms. The first kappa shape index (κ1) is 14.5. The van der Waals surface area contributed by atoms with Gasteiger partial charge in [0.2, 0.25) is 0 Å². The smallest absolute Gasteiger partial charge is 0.260 e. The maximum absolute atomic E-state index is 11.7. The zero-order chi connectivity index (χ0) is 13.4. The van der Waals surface area contributed by atoms with Crippen molar-refractivity contribution in [1.29, 1.82) is 0 Å². The molecule has 0 saturated heterocycles. The lowest BCUT2D eigenvalue weighted by Gasteiger charge is -2.15. The van der Waals surface area contributed by atoms with Gasteiger partial charge < -0.3 is 14.8 Å². The minimum Gasteiger partial charge on any atom is -0.481 e. The molecule has 0 aliphatic heterocycles. The van der Waals surface area contributed by atoms with Crippen LogP contribution in [-0.2, 0) is 16.0 Å². The van der Waals surface area contributed by atoms with Gasteiger partial charge in [0.15, 0.2) is 6.10 Å². The Balaban J connectivity index is 2.47. The standard InChI is InChI=1S/C14H21NO3/c1-4-12-6-5-7-13(10-12)18-11(2)14(16)15-8-9-17-3/h5-7,10-11H,4,8-9H2,1-3H3,(H,15,16). The average Bonchev–Trinajstić information content (AvgIpc) is 2.39. The second kappa shape index (κ2) is 7.71. The Morgan fingerprint density at radius 2 is 2.22 bits per heavy atom. The van der Waals surface area contributed by atoms with Crippen molar-refractivity contribution in [3.05, 3.63) is 29.8 Å². The van der Waals surface area contributed by atoms with E-state index in [9.17, 15) is 4.79 Å². The normalized spacial score (nSPS) is 11.9. The molecule has 1 rings (SSSR count). The number of rotatable bonds is 7. The van der Waals surface area contributed by atoms with E-state index < -0.39 is 6.10 Å². The number of carbonyl (C=O) groups is 1. The van der Waals surface area contributed by atoms with Crippen LogP contribution in [0.3, 0.4) is 0 Å². The molecular formula is C14H21NO3. The zero-order valence-corrected chi connectivity index (χ0v) is 11.2. The Morgan fingerprint density at radius 3 is 2.89 bits per heavy atom. The number of aryl methyl sites for hydroxylation is 1. The van der Waals surface area contributed by atoms with Crippen molar-refractivity contribution in [2.24, 2.45) is 0 Å². The van der Waals surface area contributed by atoms with Crippen molar-refractivity contribution in [2.75, 3.05) is 20.3 Å². The van der Waals surface area contributed by atoms with E-state index >= 15 is 0 Å². The molecule has 1 amide bonds. The summed E-state index contributed by atoms with van der Waals surface area (Å²) in [4.78, 5) is 11.7. The minimum atomic E-state index is -0.506. The van der Waals surface area contributed by atoms with Gasteiger partial charge in [0.1, 0.15) is 5.75 Å². The van der Waals surface area contributed by atoms with Gasteiger partial charge in [-0.2, -0.15) is 0 Å². The van der Waals surface area contributed by atoms with Crippen molar-refractivity contribution < 1.29 is 14.3 Å². The Morgan fingerprint density at radius 1 is 1.44 bits per heavy atom. The second-order valence-corrected chi connectivity index (χ2v) is 4.04. The molecule has 1 aromatic carbocycles. The van der Waals surface area contributed by atoms with E-state index in [2.05, 4.69) is 12.2 Å². The molecule has 4 nitrogen and oxygen atoms in total. The SMILES string of the molecule is CCc1cccc(OC(C)C(=O)NCCOC)c1. The third-order valence-corrected chi connectivity index (χ3v) is 2.59. The van der Waals surface area contributed by atoms with Crippen LogP contribution in [0.25, 0.3) is 0 Å². The summed E-state index contributed by atoms with van der Waals surface area (Å²) >= 11 is 0. The van der Waals surface area contributed by atoms with Crippen LogP contribution in [0.1, 0.15) is 19.4 Å². The summed E-state index contributed by atoms with van der Waals surface area (Å²) in [6.07, 6.45) is 0.444. The van der Waals surface area contributed by atoms with E-state index in [0.717, 1.165) is 12.2 Å². The fraction of sp³-hybridized carbons (Fsp3) is 0.500. The fourth-order valence-corrected chi connectivity index (χ4v) is 1.52. The van der Waals surface area contributed by atoms with Crippen molar-refractivity contribution in [2.45, 2.75) is 26.4 Å². The number of carbonyl (C=O) groups excluding carboxylic acids is 1. The van der Waals surface area contributed by atoms with Crippen LogP contribution in [0.2, 0.25) is 0 Å². The molecule has 0 bridgehead atoms. The summed E-state index contributed by atoms with van der Waals surface area (Å²) in [6, 6.07) is 7.79. The zero-order valence-electron chi connectivity index (χ0n) is 11.2. The maximum atomic E-state index is 11.7. The summed E-state index contributed by atoms with van der Waals surface area (Å²) in [6.45, 7) is 4.82. The van der Waals surface area contributed by atoms with Gasteiger partial charge in [-0.1, -0.05) is 19.1 Å². The molecule has 0 aliphatic rings. The lowest BCUT2D eigenvalue weighted by atomic mass is 10.2. The third-order valence-electron chi connectivity index (χ3n) is 2.59. The highest BCUT2D eigenvalue weighted by molar-refractivity contribution is 5.80. The first-order chi connectivity index (χ1) is 8.67. The number of nitrogens with one attached hydrogen (secondary N) is 1. The molecule has 1 aromatic rings. The first-order valence-corrected chi connectivity index (χ1v) is 6.19. The van der Waals surface area contributed by atoms with Gasteiger partial charge in [0.05, 0.1) is 6.61 Å². The first-order valence-electron chi connectivity index (χ1n) is 6.19. The number of hydrogen-bond donors (Lipinski definition) is 1. The molecule has 1 N–H and O–H groups in total. The number of hydrogen-bond acceptors (Lipinski definition) is 3. The van der Waals surface area contributed by atoms with Crippen LogP contribution in [0.4, 0.5) is 0 Å². The summed E-state index contributed by atoms with van der Waals surface area (Å²) in [5.74, 6) is 0.595. The molecule has 0 heterocycles. The molecule has 100 valence electrons. The number of benzene rings is 1. The average molecular weight is 251 g/mol. The fourth-order valence-electron chi connectivity index (χ4n) is 1.52. The van der Waals surface area contributed by atoms with Crippen LogP contribution in [0.15, 0.2) is 24.3 Å². The predicted octanol–water partition coefficient (Wildman–Crippen LogP) is 1.78. The number of ether oxygens (including phenoxy) is 2. The molecule has 1 atom stereocenters. The molecule has 0 aromatic heterocycles. The number of amides is 1. The highest BCUT2D eigenvalue weighted by Crippen LogP contribution is 2.15. The van der Waals surface area contributed by atoms with E-state index in [1.165, 1.54) is 5.56 Å². The summed E-state index contributed by atoms with van der Waals surface area (Å²) < 4.78 is 10.5. The second-order valence-electron chi connectivity index (χ2n) is 4.04. The lowest BCUT2D eigenvalue weighted by Crippen LogP contribution is -2.37. The molecule has 0 saturated carbocycles. The van der Waals surface area contributed by atoms with Crippen molar-refractivity contribution in [3.63, 3.8) is 0 Å². The summed E-state index contributed by atoms with van der Waals surface area (Å²) in [7, 11) is 1.60. The molecule has 0 aliphatic carbocycles. The molecule has 1 unspecified atom stereocenters. The number of methoxy groups -OCH3 is 1. The Hall–Kier alpha value is -1.55. The van der Waals surface area contributed by atoms with E-state index in [1.807, 2.05) is 24.3 Å². The third kappa shape index (κ3) is 4.75. The monoisotopic (exact) mass is 251 g/mol. The van der Waals surface area contributed by atoms with E-state index in [1.54, 1.807) is 14.0 Å². The Kier molecular flexibility index (Phi) is 6.22. The quantitative estimate of drug-likeness (QED) is 0.751. The Bertz CT molecular complexity index is 379. The lowest BCUT2D eigenvalue weighted by molar-refractivity contribution is -0.127. The minimum absolute atomic E-state index is 0.131. The summed E-state index contributed by atoms with van der Waals surface area (Å²) in [5.41, 5.74) is 1.19. The largest absolute Gasteiger partial charge is 0.481 e.